The molecule has 1 aromatic heterocycles. The van der Waals surface area contributed by atoms with Gasteiger partial charge in [-0.1, -0.05) is 72.9 Å². The molecule has 5 aromatic rings. The second-order valence-electron chi connectivity index (χ2n) is 7.28. The molecule has 190 valence electrons. The quantitative estimate of drug-likeness (QED) is 0.0741. The molecular weight excluding hydrogens is 717 g/mol. The number of hydrogen-bond acceptors (Lipinski definition) is 6. The average molecular weight is 735 g/mol. The molecule has 4 N–H and O–H groups in total. The van der Waals surface area contributed by atoms with Gasteiger partial charge < -0.3 is 5.73 Å². The van der Waals surface area contributed by atoms with Crippen LogP contribution in [0.4, 0.5) is 5.69 Å². The molecule has 0 fully saturated rings. The van der Waals surface area contributed by atoms with Crippen LogP contribution in [0.25, 0.3) is 20.2 Å². The molecule has 0 aliphatic carbocycles. The van der Waals surface area contributed by atoms with Crippen molar-refractivity contribution in [3.05, 3.63) is 97.9 Å². The van der Waals surface area contributed by atoms with E-state index in [0.29, 0.717) is 24.8 Å². The van der Waals surface area contributed by atoms with Gasteiger partial charge >= 0.3 is 45.5 Å². The molecule has 0 spiro atoms. The Morgan fingerprint density at radius 1 is 0.865 bits per heavy atom. The van der Waals surface area contributed by atoms with E-state index in [1.807, 2.05) is 48.5 Å². The maximum absolute atomic E-state index is 9.65. The van der Waals surface area contributed by atoms with Crippen LogP contribution in [0, 0.1) is 0 Å². The third-order valence-corrected chi connectivity index (χ3v) is 8.79. The zero-order valence-electron chi connectivity index (χ0n) is 18.7. The van der Waals surface area contributed by atoms with Gasteiger partial charge in [0.2, 0.25) is 0 Å². The number of rotatable bonds is 3. The summed E-state index contributed by atoms with van der Waals surface area (Å²) in [5.41, 5.74) is 6.63. The standard InChI is InChI=1S/C12H9BrClNS.C12H6BrClS.Mg.H2O4S/c13-8-1-4-10(5-2-8)16-12-7-9(14)3-6-11(12)15;13-7-1-4-11-10(5-7)9-3-2-8(14)6-12(9)15-11;;1-4-5(2)3/h1-7H,15H2;1-6H;;1H,(H,2,3). The SMILES string of the molecule is Clc1ccc2c(c1)sc1ccc(Br)cc12.Nc1ccc(Cl)cc1Sc1ccc(Br)cc1.O=[S](O)(=[Mg])OO. The maximum atomic E-state index is 9.65. The van der Waals surface area contributed by atoms with E-state index in [9.17, 15) is 4.21 Å². The molecule has 1 heterocycles. The zero-order valence-corrected chi connectivity index (χ0v) is 27.3. The predicted octanol–water partition coefficient (Wildman–Crippen LogP) is 9.54. The van der Waals surface area contributed by atoms with Gasteiger partial charge in [-0.25, -0.2) is 0 Å². The first kappa shape index (κ1) is 31.1. The summed E-state index contributed by atoms with van der Waals surface area (Å²) in [4.78, 5) is 2.12. The Bertz CT molecular complexity index is 1640. The molecule has 4 aromatic carbocycles. The van der Waals surface area contributed by atoms with Gasteiger partial charge in [0.15, 0.2) is 0 Å². The summed E-state index contributed by atoms with van der Waals surface area (Å²) in [5, 5.41) is 11.5. The first-order valence-electron chi connectivity index (χ1n) is 10.1. The van der Waals surface area contributed by atoms with E-state index in [1.165, 1.54) is 20.2 Å². The predicted molar refractivity (Wildman–Crippen MR) is 166 cm³/mol. The topological polar surface area (TPSA) is 92.8 Å². The van der Waals surface area contributed by atoms with Crippen molar-refractivity contribution in [3.8, 4) is 0 Å². The Balaban J connectivity index is 0.000000170. The van der Waals surface area contributed by atoms with E-state index in [1.54, 1.807) is 29.2 Å². The van der Waals surface area contributed by atoms with Crippen molar-refractivity contribution < 1.29 is 18.4 Å². The molecule has 0 aliphatic heterocycles. The van der Waals surface area contributed by atoms with Crippen LogP contribution in [0.15, 0.2) is 97.6 Å². The second-order valence-corrected chi connectivity index (χ2v) is 15.7. The molecule has 0 bridgehead atoms. The van der Waals surface area contributed by atoms with Crippen molar-refractivity contribution in [2.75, 3.05) is 5.73 Å². The number of halogens is 4. The van der Waals surface area contributed by atoms with Crippen molar-refractivity contribution in [1.29, 1.82) is 0 Å². The van der Waals surface area contributed by atoms with Crippen molar-refractivity contribution in [1.82, 2.24) is 0 Å². The fraction of sp³-hybridized carbons (Fsp3) is 0. The van der Waals surface area contributed by atoms with Gasteiger partial charge in [-0.15, -0.1) is 11.3 Å². The van der Waals surface area contributed by atoms with Crippen LogP contribution >= 0.6 is 78.2 Å². The third-order valence-electron chi connectivity index (χ3n) is 4.53. The number of nitrogen functional groups attached to an aromatic ring is 1. The van der Waals surface area contributed by atoms with Gasteiger partial charge in [0.1, 0.15) is 0 Å². The summed E-state index contributed by atoms with van der Waals surface area (Å²) in [6.45, 7) is 0. The molecule has 5 nitrogen and oxygen atoms in total. The minimum atomic E-state index is -3.33. The molecule has 5 rings (SSSR count). The van der Waals surface area contributed by atoms with Crippen molar-refractivity contribution in [2.45, 2.75) is 9.79 Å². The van der Waals surface area contributed by atoms with Crippen LogP contribution in [0.3, 0.4) is 0 Å². The van der Waals surface area contributed by atoms with Crippen molar-refractivity contribution in [3.63, 3.8) is 0 Å². The Morgan fingerprint density at radius 3 is 2.11 bits per heavy atom. The van der Waals surface area contributed by atoms with Crippen LogP contribution in [-0.2, 0) is 11.7 Å². The van der Waals surface area contributed by atoms with Gasteiger partial charge in [-0.05, 0) is 72.8 Å². The zero-order chi connectivity index (χ0) is 27.2. The summed E-state index contributed by atoms with van der Waals surface area (Å²) in [7, 11) is -3.33. The molecule has 1 unspecified atom stereocenters. The Morgan fingerprint density at radius 2 is 1.46 bits per heavy atom. The Kier molecular flexibility index (Phi) is 12.0. The van der Waals surface area contributed by atoms with Crippen molar-refractivity contribution >= 4 is 131 Å². The van der Waals surface area contributed by atoms with Gasteiger partial charge in [-0.2, -0.15) is 0 Å². The van der Waals surface area contributed by atoms with E-state index in [2.05, 4.69) is 60.5 Å². The van der Waals surface area contributed by atoms with Crippen LogP contribution in [0.2, 0.25) is 10.0 Å². The number of hydrogen-bond donors (Lipinski definition) is 3. The summed E-state index contributed by atoms with van der Waals surface area (Å²) < 4.78 is 25.3. The summed E-state index contributed by atoms with van der Waals surface area (Å²) in [5.74, 6) is 0. The van der Waals surface area contributed by atoms with E-state index in [-0.39, 0.29) is 0 Å². The molecule has 1 atom stereocenters. The van der Waals surface area contributed by atoms with E-state index >= 15 is 0 Å². The molecule has 13 heteroatoms. The van der Waals surface area contributed by atoms with Crippen molar-refractivity contribution in [2.24, 2.45) is 0 Å². The number of fused-ring (bicyclic) bond motifs is 3. The molecule has 37 heavy (non-hydrogen) atoms. The van der Waals surface area contributed by atoms with Gasteiger partial charge in [0.25, 0.3) is 0 Å². The van der Waals surface area contributed by atoms with Crippen LogP contribution in [0.1, 0.15) is 0 Å². The summed E-state index contributed by atoms with van der Waals surface area (Å²) >= 11 is 22.9. The Hall–Kier alpha value is -0.414. The van der Waals surface area contributed by atoms with Crippen LogP contribution < -0.4 is 5.73 Å². The van der Waals surface area contributed by atoms with Gasteiger partial charge in [-0.3, -0.25) is 0 Å². The van der Waals surface area contributed by atoms with Gasteiger partial charge in [0, 0.05) is 54.6 Å². The minimum absolute atomic E-state index is 0.671. The first-order valence-corrected chi connectivity index (χ1v) is 17.4. The number of thiophene rings is 1. The summed E-state index contributed by atoms with van der Waals surface area (Å²) in [6, 6.07) is 26.0. The fourth-order valence-electron chi connectivity index (χ4n) is 2.95. The summed E-state index contributed by atoms with van der Waals surface area (Å²) in [6.07, 6.45) is 0. The van der Waals surface area contributed by atoms with E-state index in [0.717, 1.165) is 29.4 Å². The number of nitrogens with two attached hydrogens (primary N) is 1. The van der Waals surface area contributed by atoms with Crippen LogP contribution in [0.5, 0.6) is 0 Å². The molecule has 0 amide bonds. The first-order chi connectivity index (χ1) is 17.4. The Labute approximate surface area is 260 Å². The number of benzene rings is 4. The molecular formula is C24H17Br2Cl2MgNO4S3. The molecule has 0 saturated heterocycles. The average Bonchev–Trinajstić information content (AvgIpc) is 3.20. The van der Waals surface area contributed by atoms with E-state index < -0.39 is 7.32 Å². The third kappa shape index (κ3) is 9.93. The van der Waals surface area contributed by atoms with Crippen LogP contribution in [-0.4, -0.2) is 33.8 Å². The molecule has 0 aliphatic rings. The normalized spacial score (nSPS) is 12.3. The van der Waals surface area contributed by atoms with E-state index in [4.69, 9.17) is 38.7 Å². The monoisotopic (exact) mass is 731 g/mol. The molecule has 0 saturated carbocycles. The van der Waals surface area contributed by atoms with Gasteiger partial charge in [0.05, 0.1) is 0 Å². The fourth-order valence-corrected chi connectivity index (χ4v) is 6.07. The number of anilines is 1. The second kappa shape index (κ2) is 14.3. The molecule has 0 radical (unpaired) electrons.